The second-order valence-electron chi connectivity index (χ2n) is 48.1. The molecule has 0 unspecified atom stereocenters. The third-order valence-electron chi connectivity index (χ3n) is 28.7. The van der Waals surface area contributed by atoms with Crippen molar-refractivity contribution in [1.82, 2.24) is 84.5 Å². The van der Waals surface area contributed by atoms with E-state index >= 15 is 0 Å². The maximum absolute atomic E-state index is 5.71. The smallest absolute Gasteiger partial charge is 0.129 e. The summed E-state index contributed by atoms with van der Waals surface area (Å²) in [6.45, 7) is 60.1. The zero-order chi connectivity index (χ0) is 102. The van der Waals surface area contributed by atoms with E-state index in [2.05, 4.69) is 282 Å². The Morgan fingerprint density at radius 1 is 0.312 bits per heavy atom. The average Bonchev–Trinajstić information content (AvgIpc) is 0.755. The highest BCUT2D eigenvalue weighted by molar-refractivity contribution is 5.41. The number of morpholine rings is 1. The predicted molar refractivity (Wildman–Crippen MR) is 562 cm³/mol. The van der Waals surface area contributed by atoms with Crippen molar-refractivity contribution in [2.75, 3.05) is 171 Å². The summed E-state index contributed by atoms with van der Waals surface area (Å²) in [4.78, 5) is 68.8. The number of rotatable bonds is 35. The van der Waals surface area contributed by atoms with E-state index in [-0.39, 0.29) is 37.9 Å². The lowest BCUT2D eigenvalue weighted by Crippen LogP contribution is -2.52. The highest BCUT2D eigenvalue weighted by Gasteiger charge is 2.50. The van der Waals surface area contributed by atoms with E-state index in [0.717, 1.165) is 256 Å². The molecule has 7 aliphatic carbocycles. The SMILES string of the molecule is CC(C)(C)c1cc(CC2CC(N3CCOCC3)C2)ncn1.CC(C)(C)c1cc(CC2CC3(COC3)C2)ncn1.COC1CC(Cc2cc(C(C)(C)C)ncn2)C1.COC1CC(Nc2cc(C(C)(C)C)ncn2)C1.COCCN(CCOC)C1CC(Nc2cc(C(C)(C)C)ncn2)C1.COCCN(CCOC)C1CC(Nc2cc(C(C)(C)C)ncn2)C1.COCCOC1CC(Cc2cc(C(C)(C)C)ncn2)C1. The summed E-state index contributed by atoms with van der Waals surface area (Å²) in [5.74, 6) is 5.81. The van der Waals surface area contributed by atoms with Crippen LogP contribution in [-0.4, -0.2) is 294 Å². The first-order valence-electron chi connectivity index (χ1n) is 52.4. The molecule has 786 valence electrons. The van der Waals surface area contributed by atoms with E-state index in [0.29, 0.717) is 73.1 Å². The molecule has 30 nitrogen and oxygen atoms in total. The molecule has 3 N–H and O–H groups in total. The van der Waals surface area contributed by atoms with Crippen molar-refractivity contribution in [3.8, 4) is 0 Å². The number of hydrogen-bond donors (Lipinski definition) is 3. The van der Waals surface area contributed by atoms with Gasteiger partial charge in [-0.2, -0.15) is 0 Å². The summed E-state index contributed by atoms with van der Waals surface area (Å²) in [6, 6.07) is 18.3. The normalized spacial score (nSPS) is 23.2. The van der Waals surface area contributed by atoms with Gasteiger partial charge in [-0.15, -0.1) is 0 Å². The Labute approximate surface area is 847 Å². The molecule has 7 saturated carbocycles. The first-order chi connectivity index (χ1) is 66.8. The van der Waals surface area contributed by atoms with Crippen LogP contribution in [0.2, 0.25) is 0 Å². The minimum absolute atomic E-state index is 0.0403. The van der Waals surface area contributed by atoms with Gasteiger partial charge in [0.25, 0.3) is 0 Å². The van der Waals surface area contributed by atoms with Gasteiger partial charge in [0.1, 0.15) is 61.7 Å². The molecule has 9 aliphatic rings. The zero-order valence-electron chi connectivity index (χ0n) is 91.8. The standard InChI is InChI=1S/2C18H32N4O2.C17H27N3O.C16H26N2O2.C15H22N2O.C14H22N2O.C13H21N3O/c2*1-18(2,3)16-12-17(20-13-19-16)21-14-10-15(11-14)22(6-8-23-4)7-9-24-5;1-17(2,3)16-11-14(18-12-19-16)8-13-9-15(10-13)20-4-6-21-7-5-20;1-16(2,3)15-10-13(17-11-18-15)7-12-8-14(9-12)20-6-5-19-4;1-14(2,3)13-5-12(16-10-17-13)4-11-6-15(7-11)8-18-9-15;1-14(2,3)13-8-11(15-9-16-13)5-10-6-12(7-10)17-4;1-13(2,3)11-7-12(15-8-14-11)16-9-5-10(6-9)17-4/h2*12-15H,6-11H2,1-5H3,(H,19,20,21);11-13,15H,4-10H2,1-3H3;10-12,14H,5-9H2,1-4H3;5,10-11H,4,6-9H2,1-3H3;8-10,12H,5-7H2,1-4H3;7-10H,5-6H2,1-4H3,(H,14,15,16). The summed E-state index contributed by atoms with van der Waals surface area (Å²) < 4.78 is 52.9. The Balaban J connectivity index is 0.000000170. The molecule has 141 heavy (non-hydrogen) atoms. The monoisotopic (exact) mass is 1960 g/mol. The number of hydrogen-bond acceptors (Lipinski definition) is 30. The molecular weight excluding hydrogens is 1770 g/mol. The van der Waals surface area contributed by atoms with E-state index in [1.54, 1.807) is 94.1 Å². The molecular formula is C111H182N20O10. The third-order valence-corrected chi connectivity index (χ3v) is 28.7. The summed E-state index contributed by atoms with van der Waals surface area (Å²) in [6.07, 6.45) is 33.9. The largest absolute Gasteiger partial charge is 0.383 e. The molecule has 9 fully saturated rings. The molecule has 2 saturated heterocycles. The van der Waals surface area contributed by atoms with Crippen LogP contribution in [0.25, 0.3) is 0 Å². The number of nitrogens with zero attached hydrogens (tertiary/aromatic N) is 17. The molecule has 0 atom stereocenters. The van der Waals surface area contributed by atoms with Crippen LogP contribution in [-0.2, 0) is 111 Å². The Morgan fingerprint density at radius 3 is 0.879 bits per heavy atom. The van der Waals surface area contributed by atoms with E-state index in [9.17, 15) is 0 Å². The fourth-order valence-corrected chi connectivity index (χ4v) is 19.1. The van der Waals surface area contributed by atoms with Gasteiger partial charge >= 0.3 is 0 Å². The van der Waals surface area contributed by atoms with E-state index in [1.165, 1.54) is 55.6 Å². The lowest BCUT2D eigenvalue weighted by Gasteiger charge is -2.53. The Kier molecular flexibility index (Phi) is 44.4. The average molecular weight is 1960 g/mol. The van der Waals surface area contributed by atoms with Crippen molar-refractivity contribution in [3.05, 3.63) is 149 Å². The fraction of sp³-hybridized carbons (Fsp3) is 0.748. The van der Waals surface area contributed by atoms with Crippen LogP contribution in [0.15, 0.2) is 86.8 Å². The molecule has 7 aromatic heterocycles. The number of aromatic nitrogens is 14. The van der Waals surface area contributed by atoms with Crippen molar-refractivity contribution >= 4 is 17.5 Å². The van der Waals surface area contributed by atoms with Gasteiger partial charge in [0.15, 0.2) is 0 Å². The zero-order valence-corrected chi connectivity index (χ0v) is 91.8. The van der Waals surface area contributed by atoms with Crippen molar-refractivity contribution in [1.29, 1.82) is 0 Å². The second-order valence-corrected chi connectivity index (χ2v) is 48.1. The van der Waals surface area contributed by atoms with Crippen LogP contribution >= 0.6 is 0 Å². The van der Waals surface area contributed by atoms with Gasteiger partial charge in [-0.1, -0.05) is 145 Å². The van der Waals surface area contributed by atoms with Gasteiger partial charge in [0.2, 0.25) is 0 Å². The molecule has 0 bridgehead atoms. The summed E-state index contributed by atoms with van der Waals surface area (Å²) in [7, 11) is 12.3. The molecule has 0 aromatic carbocycles. The second kappa shape index (κ2) is 54.2. The Bertz CT molecular complexity index is 4560. The molecule has 9 heterocycles. The first-order valence-corrected chi connectivity index (χ1v) is 52.4. The molecule has 0 amide bonds. The molecule has 1 spiro atoms. The molecule has 30 heteroatoms. The molecule has 16 rings (SSSR count). The van der Waals surface area contributed by atoms with Crippen LogP contribution in [0.4, 0.5) is 17.5 Å². The number of anilines is 3. The third kappa shape index (κ3) is 38.0. The minimum atomic E-state index is 0.0403. The maximum Gasteiger partial charge on any atom is 0.129 e. The first kappa shape index (κ1) is 115. The summed E-state index contributed by atoms with van der Waals surface area (Å²) in [5.41, 5.74) is 13.6. The molecule has 2 aliphatic heterocycles. The Morgan fingerprint density at radius 2 is 0.589 bits per heavy atom. The van der Waals surface area contributed by atoms with Gasteiger partial charge in [0.05, 0.1) is 101 Å². The summed E-state index contributed by atoms with van der Waals surface area (Å²) >= 11 is 0. The molecule has 7 aromatic rings. The number of methoxy groups -OCH3 is 7. The maximum atomic E-state index is 5.71. The van der Waals surface area contributed by atoms with Crippen molar-refractivity contribution in [2.24, 2.45) is 29.1 Å². The van der Waals surface area contributed by atoms with Gasteiger partial charge in [-0.3, -0.25) is 14.7 Å². The van der Waals surface area contributed by atoms with E-state index in [4.69, 9.17) is 47.4 Å². The lowest BCUT2D eigenvalue weighted by atomic mass is 9.59. The van der Waals surface area contributed by atoms with Crippen LogP contribution in [0.3, 0.4) is 0 Å². The van der Waals surface area contributed by atoms with Crippen LogP contribution < -0.4 is 16.0 Å². The van der Waals surface area contributed by atoms with Crippen LogP contribution in [0.5, 0.6) is 0 Å². The molecule has 0 radical (unpaired) electrons. The summed E-state index contributed by atoms with van der Waals surface area (Å²) in [5, 5.41) is 10.5. The quantitative estimate of drug-likeness (QED) is 0.0311. The fourth-order valence-electron chi connectivity index (χ4n) is 19.1. The van der Waals surface area contributed by atoms with Crippen molar-refractivity contribution in [3.63, 3.8) is 0 Å². The number of ether oxygens (including phenoxy) is 10. The van der Waals surface area contributed by atoms with Crippen molar-refractivity contribution in [2.45, 2.75) is 353 Å². The van der Waals surface area contributed by atoms with Gasteiger partial charge < -0.3 is 63.3 Å². The Hall–Kier alpha value is -7.56. The predicted octanol–water partition coefficient (Wildman–Crippen LogP) is 17.7. The highest BCUT2D eigenvalue weighted by Crippen LogP contribution is 2.52. The van der Waals surface area contributed by atoms with Gasteiger partial charge in [0, 0.05) is 232 Å². The van der Waals surface area contributed by atoms with Crippen LogP contribution in [0.1, 0.15) is 298 Å². The van der Waals surface area contributed by atoms with Crippen molar-refractivity contribution < 1.29 is 47.4 Å². The van der Waals surface area contributed by atoms with E-state index < -0.39 is 0 Å². The van der Waals surface area contributed by atoms with Crippen LogP contribution in [0, 0.1) is 29.1 Å². The van der Waals surface area contributed by atoms with Gasteiger partial charge in [-0.25, -0.2) is 69.8 Å². The minimum Gasteiger partial charge on any atom is -0.383 e. The van der Waals surface area contributed by atoms with Gasteiger partial charge in [-0.05, 0) is 164 Å². The number of nitrogens with one attached hydrogen (secondary N) is 3. The topological polar surface area (TPSA) is 319 Å². The lowest BCUT2D eigenvalue weighted by molar-refractivity contribution is -0.178. The van der Waals surface area contributed by atoms with E-state index in [1.807, 2.05) is 6.07 Å². The highest BCUT2D eigenvalue weighted by atomic mass is 16.5.